The van der Waals surface area contributed by atoms with Gasteiger partial charge in [0.15, 0.2) is 0 Å². The van der Waals surface area contributed by atoms with Crippen LogP contribution in [0.25, 0.3) is 0 Å². The molecule has 0 unspecified atom stereocenters. The first-order valence-electron chi connectivity index (χ1n) is 7.65. The lowest BCUT2D eigenvalue weighted by atomic mass is 10.00. The van der Waals surface area contributed by atoms with Gasteiger partial charge in [0.05, 0.1) is 18.3 Å². The minimum absolute atomic E-state index is 0.0938. The van der Waals surface area contributed by atoms with Crippen LogP contribution < -0.4 is 10.6 Å². The predicted octanol–water partition coefficient (Wildman–Crippen LogP) is 2.43. The van der Waals surface area contributed by atoms with Crippen molar-refractivity contribution in [3.8, 4) is 0 Å². The van der Waals surface area contributed by atoms with E-state index in [0.29, 0.717) is 6.54 Å². The second kappa shape index (κ2) is 7.78. The third kappa shape index (κ3) is 4.32. The number of carbonyl (C=O) groups excluding carboxylic acids is 1. The molecule has 6 nitrogen and oxygen atoms in total. The number of aromatic nitrogens is 1. The molecule has 124 valence electrons. The Kier molecular flexibility index (Phi) is 5.76. The zero-order valence-corrected chi connectivity index (χ0v) is 13.7. The Balaban J connectivity index is 1.89. The molecule has 1 aromatic heterocycles. The van der Waals surface area contributed by atoms with Gasteiger partial charge >= 0.3 is 6.03 Å². The number of aliphatic hydroxyl groups is 1. The van der Waals surface area contributed by atoms with Crippen molar-refractivity contribution in [2.75, 3.05) is 13.2 Å². The largest absolute Gasteiger partial charge is 0.394 e. The molecule has 2 amide bonds. The van der Waals surface area contributed by atoms with Crippen molar-refractivity contribution in [2.45, 2.75) is 32.7 Å². The molecule has 2 aromatic rings. The number of hydrogen-bond donors (Lipinski definition) is 3. The zero-order valence-electron chi connectivity index (χ0n) is 13.7. The van der Waals surface area contributed by atoms with E-state index in [9.17, 15) is 9.90 Å². The van der Waals surface area contributed by atoms with E-state index in [1.807, 2.05) is 51.1 Å². The average molecular weight is 317 g/mol. The van der Waals surface area contributed by atoms with Gasteiger partial charge in [-0.05, 0) is 19.4 Å². The molecular weight excluding hydrogens is 294 g/mol. The van der Waals surface area contributed by atoms with Crippen LogP contribution in [0.3, 0.4) is 0 Å². The first-order chi connectivity index (χ1) is 11.0. The fourth-order valence-corrected chi connectivity index (χ4v) is 2.67. The molecule has 6 heteroatoms. The van der Waals surface area contributed by atoms with Gasteiger partial charge in [-0.15, -0.1) is 0 Å². The summed E-state index contributed by atoms with van der Waals surface area (Å²) < 4.78 is 5.15. The summed E-state index contributed by atoms with van der Waals surface area (Å²) in [6, 6.07) is 8.64. The molecule has 0 radical (unpaired) electrons. The first-order valence-corrected chi connectivity index (χ1v) is 7.65. The maximum atomic E-state index is 12.1. The van der Waals surface area contributed by atoms with Crippen molar-refractivity contribution in [3.05, 3.63) is 52.9 Å². The predicted molar refractivity (Wildman–Crippen MR) is 87.2 cm³/mol. The smallest absolute Gasteiger partial charge is 0.315 e. The summed E-state index contributed by atoms with van der Waals surface area (Å²) in [6.07, 6.45) is 0. The van der Waals surface area contributed by atoms with Crippen LogP contribution >= 0.6 is 0 Å². The highest BCUT2D eigenvalue weighted by Gasteiger charge is 2.18. The van der Waals surface area contributed by atoms with Gasteiger partial charge in [0.25, 0.3) is 0 Å². The minimum Gasteiger partial charge on any atom is -0.394 e. The number of urea groups is 1. The maximum absolute atomic E-state index is 12.1. The summed E-state index contributed by atoms with van der Waals surface area (Å²) in [4.78, 5) is 12.1. The Morgan fingerprint density at radius 3 is 2.57 bits per heavy atom. The standard InChI is InChI=1S/C17H23N3O3/c1-11(16-12(2)20-23-13(16)3)9-18-17(22)19-15(10-21)14-7-5-4-6-8-14/h4-8,11,15,21H,9-10H2,1-3H3,(H2,18,19,22)/t11-,15+/m0/s1. The van der Waals surface area contributed by atoms with Crippen LogP contribution in [0.1, 0.15) is 41.5 Å². The number of amides is 2. The summed E-state index contributed by atoms with van der Waals surface area (Å²) in [5, 5.41) is 19.0. The summed E-state index contributed by atoms with van der Waals surface area (Å²) in [7, 11) is 0. The van der Waals surface area contributed by atoms with Crippen LogP contribution in [0.5, 0.6) is 0 Å². The van der Waals surface area contributed by atoms with E-state index in [4.69, 9.17) is 4.52 Å². The van der Waals surface area contributed by atoms with Gasteiger partial charge in [0.2, 0.25) is 0 Å². The highest BCUT2D eigenvalue weighted by Crippen LogP contribution is 2.22. The number of aliphatic hydroxyl groups excluding tert-OH is 1. The number of nitrogens with zero attached hydrogens (tertiary/aromatic N) is 1. The lowest BCUT2D eigenvalue weighted by Gasteiger charge is -2.18. The molecule has 0 saturated heterocycles. The van der Waals surface area contributed by atoms with Gasteiger partial charge in [-0.1, -0.05) is 42.4 Å². The molecule has 3 N–H and O–H groups in total. The molecule has 0 fully saturated rings. The van der Waals surface area contributed by atoms with E-state index < -0.39 is 6.04 Å². The topological polar surface area (TPSA) is 87.4 Å². The molecule has 1 heterocycles. The van der Waals surface area contributed by atoms with E-state index in [1.54, 1.807) is 0 Å². The number of aryl methyl sites for hydroxylation is 2. The minimum atomic E-state index is -0.425. The van der Waals surface area contributed by atoms with Crippen molar-refractivity contribution < 1.29 is 14.4 Å². The van der Waals surface area contributed by atoms with Crippen LogP contribution in [0.15, 0.2) is 34.9 Å². The second-order valence-corrected chi connectivity index (χ2v) is 5.64. The van der Waals surface area contributed by atoms with Crippen LogP contribution in [0.4, 0.5) is 4.79 Å². The molecule has 0 aliphatic rings. The average Bonchev–Trinajstić information content (AvgIpc) is 2.90. The zero-order chi connectivity index (χ0) is 16.8. The Bertz CT molecular complexity index is 620. The lowest BCUT2D eigenvalue weighted by Crippen LogP contribution is -2.40. The number of hydrogen-bond acceptors (Lipinski definition) is 4. The normalized spacial score (nSPS) is 13.4. The molecule has 23 heavy (non-hydrogen) atoms. The number of carbonyl (C=O) groups is 1. The maximum Gasteiger partial charge on any atom is 0.315 e. The van der Waals surface area contributed by atoms with Crippen LogP contribution in [-0.2, 0) is 0 Å². The molecule has 0 aliphatic carbocycles. The Hall–Kier alpha value is -2.34. The molecule has 0 spiro atoms. The number of benzene rings is 1. The van der Waals surface area contributed by atoms with Crippen molar-refractivity contribution in [3.63, 3.8) is 0 Å². The van der Waals surface area contributed by atoms with E-state index in [2.05, 4.69) is 15.8 Å². The SMILES string of the molecule is Cc1noc(C)c1[C@@H](C)CNC(=O)N[C@H](CO)c1ccccc1. The highest BCUT2D eigenvalue weighted by molar-refractivity contribution is 5.74. The Labute approximate surface area is 135 Å². The molecule has 0 saturated carbocycles. The molecule has 2 rings (SSSR count). The molecule has 2 atom stereocenters. The van der Waals surface area contributed by atoms with Crippen LogP contribution in [0.2, 0.25) is 0 Å². The first kappa shape index (κ1) is 17.0. The second-order valence-electron chi connectivity index (χ2n) is 5.64. The van der Waals surface area contributed by atoms with Gasteiger partial charge in [-0.25, -0.2) is 4.79 Å². The van der Waals surface area contributed by atoms with Gasteiger partial charge in [-0.2, -0.15) is 0 Å². The quantitative estimate of drug-likeness (QED) is 0.763. The molecule has 0 aliphatic heterocycles. The lowest BCUT2D eigenvalue weighted by molar-refractivity contribution is 0.216. The Morgan fingerprint density at radius 2 is 2.00 bits per heavy atom. The molecule has 0 bridgehead atoms. The van der Waals surface area contributed by atoms with Gasteiger partial charge in [0.1, 0.15) is 5.76 Å². The van der Waals surface area contributed by atoms with Crippen molar-refractivity contribution in [2.24, 2.45) is 0 Å². The van der Waals surface area contributed by atoms with Crippen molar-refractivity contribution in [1.82, 2.24) is 15.8 Å². The Morgan fingerprint density at radius 1 is 1.30 bits per heavy atom. The fraction of sp³-hybridized carbons (Fsp3) is 0.412. The van der Waals surface area contributed by atoms with Crippen molar-refractivity contribution in [1.29, 1.82) is 0 Å². The van der Waals surface area contributed by atoms with E-state index in [0.717, 1.165) is 22.6 Å². The fourth-order valence-electron chi connectivity index (χ4n) is 2.67. The highest BCUT2D eigenvalue weighted by atomic mass is 16.5. The summed E-state index contributed by atoms with van der Waals surface area (Å²) in [5.74, 6) is 0.867. The van der Waals surface area contributed by atoms with Crippen LogP contribution in [-0.4, -0.2) is 29.4 Å². The van der Waals surface area contributed by atoms with Gasteiger partial charge in [-0.3, -0.25) is 0 Å². The van der Waals surface area contributed by atoms with Gasteiger partial charge in [0, 0.05) is 18.0 Å². The monoisotopic (exact) mass is 317 g/mol. The van der Waals surface area contributed by atoms with E-state index >= 15 is 0 Å². The third-order valence-corrected chi connectivity index (χ3v) is 3.84. The van der Waals surface area contributed by atoms with Crippen LogP contribution in [0, 0.1) is 13.8 Å². The third-order valence-electron chi connectivity index (χ3n) is 3.84. The summed E-state index contributed by atoms with van der Waals surface area (Å²) >= 11 is 0. The number of nitrogens with one attached hydrogen (secondary N) is 2. The molecular formula is C17H23N3O3. The van der Waals surface area contributed by atoms with Crippen molar-refractivity contribution >= 4 is 6.03 Å². The molecule has 1 aromatic carbocycles. The van der Waals surface area contributed by atoms with E-state index in [1.165, 1.54) is 0 Å². The van der Waals surface area contributed by atoms with Gasteiger partial charge < -0.3 is 20.3 Å². The van der Waals surface area contributed by atoms with E-state index in [-0.39, 0.29) is 18.6 Å². The number of rotatable bonds is 6. The summed E-state index contributed by atoms with van der Waals surface area (Å²) in [6.45, 7) is 6.06. The summed E-state index contributed by atoms with van der Waals surface area (Å²) in [5.41, 5.74) is 2.73.